The minimum atomic E-state index is -2.59. The van der Waals surface area contributed by atoms with Gasteiger partial charge < -0.3 is 76.5 Å². The van der Waals surface area contributed by atoms with Gasteiger partial charge in [-0.05, 0) is 97.1 Å². The molecule has 8 aromatic carbocycles. The number of nitrogens with one attached hydrogen (secondary N) is 1. The van der Waals surface area contributed by atoms with Crippen molar-refractivity contribution < 1.29 is 115 Å². The third kappa shape index (κ3) is 19.1. The highest BCUT2D eigenvalue weighted by Gasteiger charge is 2.58. The number of hydrogen-bond donors (Lipinski definition) is 3. The predicted molar refractivity (Wildman–Crippen MR) is 365 cm³/mol. The summed E-state index contributed by atoms with van der Waals surface area (Å²) in [4.78, 5) is 114. The lowest BCUT2D eigenvalue weighted by atomic mass is 9.96. The lowest BCUT2D eigenvalue weighted by Crippen LogP contribution is -2.65. The number of ether oxygens (including phenoxy) is 14. The first-order valence-corrected chi connectivity index (χ1v) is 33.3. The summed E-state index contributed by atoms with van der Waals surface area (Å²) in [6.07, 6.45) is -29.9. The van der Waals surface area contributed by atoms with Crippen molar-refractivity contribution in [2.45, 2.75) is 95.9 Å². The van der Waals surface area contributed by atoms with E-state index in [0.717, 1.165) is 0 Å². The first-order chi connectivity index (χ1) is 50.3. The van der Waals surface area contributed by atoms with Crippen LogP contribution in [0.15, 0.2) is 243 Å². The third-order valence-electron chi connectivity index (χ3n) is 16.3. The first kappa shape index (κ1) is 74.8. The number of esters is 8. The molecule has 8 aromatic rings. The first-order valence-electron chi connectivity index (χ1n) is 32.2. The Labute approximate surface area is 608 Å². The van der Waals surface area contributed by atoms with E-state index in [2.05, 4.69) is 0 Å². The molecule has 25 nitrogen and oxygen atoms in total. The van der Waals surface area contributed by atoms with Crippen LogP contribution >= 0.6 is 34.8 Å². The Morgan fingerprint density at radius 3 is 0.875 bits per heavy atom. The maximum atomic E-state index is 14.5. The number of carbonyl (C=O) groups excluding carboxylic acids is 8. The molecule has 0 amide bonds. The SMILES string of the molecule is N=C(OC1O[C@H](CO[C@@H]2O[C@H](CO[C@@H]3O[C@H](COC(=O)c4ccccc4)[C@@H](OC(=O)c4ccccc4)[C@H](OC(=O)c4ccccc4)[C@H]3OC(=O)c3ccccc3)[C@@H](O)[C@H](OC(=O)c3ccccc3)[C@H]2OC(=O)c2ccccc2)[C@@H](OC(=O)c2ccccc2)[C@H](OC(=O)c2ccccc2)[C@H]1O)C(Cl)(Cl)Cl. The van der Waals surface area contributed by atoms with E-state index < -0.39 is 169 Å². The fraction of sp³-hybridized carbons (Fsp3) is 0.250. The third-order valence-corrected chi connectivity index (χ3v) is 16.8. The van der Waals surface area contributed by atoms with Gasteiger partial charge in [0.05, 0.1) is 57.7 Å². The van der Waals surface area contributed by atoms with E-state index in [-0.39, 0.29) is 44.5 Å². The second-order valence-corrected chi connectivity index (χ2v) is 25.6. The highest BCUT2D eigenvalue weighted by molar-refractivity contribution is 6.76. The number of benzene rings is 8. The van der Waals surface area contributed by atoms with Gasteiger partial charge in [-0.3, -0.25) is 5.41 Å². The van der Waals surface area contributed by atoms with Crippen LogP contribution in [-0.4, -0.2) is 180 Å². The average molecular weight is 1480 g/mol. The fourth-order valence-corrected chi connectivity index (χ4v) is 11.2. The van der Waals surface area contributed by atoms with Gasteiger partial charge in [-0.2, -0.15) is 0 Å². The van der Waals surface area contributed by atoms with Gasteiger partial charge in [-0.15, -0.1) is 0 Å². The Balaban J connectivity index is 1.00. The summed E-state index contributed by atoms with van der Waals surface area (Å²) in [5, 5.41) is 33.5. The topological polar surface area (TPSA) is 330 Å². The molecule has 3 fully saturated rings. The quantitative estimate of drug-likeness (QED) is 0.0166. The molecule has 0 bridgehead atoms. The number of hydrogen-bond acceptors (Lipinski definition) is 25. The van der Waals surface area contributed by atoms with Gasteiger partial charge in [0.1, 0.15) is 31.0 Å². The molecule has 3 heterocycles. The van der Waals surface area contributed by atoms with Crippen molar-refractivity contribution in [1.82, 2.24) is 0 Å². The van der Waals surface area contributed by atoms with Crippen LogP contribution in [0, 0.1) is 5.41 Å². The lowest BCUT2D eigenvalue weighted by Gasteiger charge is -2.46. The molecular weight excluding hydrogens is 1420 g/mol. The van der Waals surface area contributed by atoms with Crippen LogP contribution in [0.4, 0.5) is 0 Å². The Morgan fingerprint density at radius 1 is 0.298 bits per heavy atom. The van der Waals surface area contributed by atoms with Crippen molar-refractivity contribution >= 4 is 88.5 Å². The zero-order valence-electron chi connectivity index (χ0n) is 54.4. The van der Waals surface area contributed by atoms with Gasteiger partial charge in [0.15, 0.2) is 61.4 Å². The van der Waals surface area contributed by atoms with Gasteiger partial charge in [0.25, 0.3) is 3.79 Å². The normalized spacial score (nSPS) is 24.3. The zero-order chi connectivity index (χ0) is 73.3. The molecule has 15 atom stereocenters. The molecule has 0 spiro atoms. The van der Waals surface area contributed by atoms with E-state index in [1.165, 1.54) is 158 Å². The van der Waals surface area contributed by atoms with Gasteiger partial charge in [0.2, 0.25) is 12.2 Å². The molecule has 3 aliphatic rings. The molecule has 538 valence electrons. The summed E-state index contributed by atoms with van der Waals surface area (Å²) in [7, 11) is 0. The molecule has 0 saturated carbocycles. The van der Waals surface area contributed by atoms with Crippen molar-refractivity contribution in [3.8, 4) is 0 Å². The summed E-state index contributed by atoms with van der Waals surface area (Å²) in [5.41, 5.74) is -0.211. The zero-order valence-corrected chi connectivity index (χ0v) is 56.7. The highest BCUT2D eigenvalue weighted by atomic mass is 35.6. The van der Waals surface area contributed by atoms with Crippen LogP contribution in [0.25, 0.3) is 0 Å². The minimum absolute atomic E-state index is 0.00342. The van der Waals surface area contributed by atoms with Gasteiger partial charge in [0, 0.05) is 0 Å². The Bertz CT molecular complexity index is 4230. The van der Waals surface area contributed by atoms with Crippen LogP contribution < -0.4 is 0 Å². The van der Waals surface area contributed by atoms with Gasteiger partial charge in [-0.25, -0.2) is 38.4 Å². The minimum Gasteiger partial charge on any atom is -0.459 e. The molecule has 0 aromatic heterocycles. The van der Waals surface area contributed by atoms with Crippen molar-refractivity contribution in [3.63, 3.8) is 0 Å². The largest absolute Gasteiger partial charge is 0.459 e. The summed E-state index contributed by atoms with van der Waals surface area (Å²) >= 11 is 18.2. The number of rotatable bonds is 24. The van der Waals surface area contributed by atoms with Crippen LogP contribution in [0.5, 0.6) is 0 Å². The number of aliphatic hydroxyl groups excluding tert-OH is 2. The van der Waals surface area contributed by atoms with E-state index >= 15 is 0 Å². The highest BCUT2D eigenvalue weighted by Crippen LogP contribution is 2.37. The summed E-state index contributed by atoms with van der Waals surface area (Å²) < 4.78 is 84.4. The molecule has 3 N–H and O–H groups in total. The second kappa shape index (κ2) is 35.2. The number of alkyl halides is 3. The molecule has 11 rings (SSSR count). The molecule has 1 unspecified atom stereocenters. The van der Waals surface area contributed by atoms with Crippen molar-refractivity contribution in [3.05, 3.63) is 287 Å². The molecule has 28 heteroatoms. The molecule has 104 heavy (non-hydrogen) atoms. The van der Waals surface area contributed by atoms with E-state index in [0.29, 0.717) is 0 Å². The number of aliphatic hydroxyl groups is 2. The monoisotopic (exact) mass is 1480 g/mol. The molecular formula is C76H64Cl3NO24. The Hall–Kier alpha value is -10.4. The Kier molecular flexibility index (Phi) is 25.3. The lowest BCUT2D eigenvalue weighted by molar-refractivity contribution is -0.337. The maximum absolute atomic E-state index is 14.5. The molecule has 0 radical (unpaired) electrons. The molecule has 3 saturated heterocycles. The summed E-state index contributed by atoms with van der Waals surface area (Å²) in [6, 6.07) is 60.2. The van der Waals surface area contributed by atoms with Crippen LogP contribution in [0.1, 0.15) is 82.9 Å². The van der Waals surface area contributed by atoms with E-state index in [1.54, 1.807) is 84.9 Å². The van der Waals surface area contributed by atoms with Crippen molar-refractivity contribution in [1.29, 1.82) is 5.41 Å². The van der Waals surface area contributed by atoms with Crippen LogP contribution in [-0.2, 0) is 66.3 Å². The van der Waals surface area contributed by atoms with Crippen LogP contribution in [0.3, 0.4) is 0 Å². The van der Waals surface area contributed by atoms with Crippen molar-refractivity contribution in [2.75, 3.05) is 19.8 Å². The van der Waals surface area contributed by atoms with Crippen molar-refractivity contribution in [2.24, 2.45) is 0 Å². The van der Waals surface area contributed by atoms with Crippen LogP contribution in [0.2, 0.25) is 0 Å². The average Bonchev–Trinajstić information content (AvgIpc) is 0.783. The fourth-order valence-electron chi connectivity index (χ4n) is 11.1. The summed E-state index contributed by atoms with van der Waals surface area (Å²) in [5.74, 6) is -9.42. The smallest absolute Gasteiger partial charge is 0.338 e. The standard InChI is InChI=1S/C76H64Cl3NO24/c77-76(78,79)75(80)104-72-56(82)60(100-68(87)48-33-17-5-18-34-48)57(97-65(84)45-27-11-2-12-28-45)54(95-72)43-93-73-62(102-70(89)50-37-21-7-22-38-50)59(99-67(86)47-31-15-4-16-32-47)55(81)52(94-73)41-92-74-63(103-71(90)51-39-23-8-24-40-51)61(101-69(88)49-35-19-6-20-36-49)58(98-66(85)46-29-13-3-14-30-46)53(96-74)42-91-64(83)44-25-9-1-10-26-44/h1-40,52-63,72-74,80-82H,41-43H2/t52-,53-,54-,55-,56-,57-,58-,59+,60-,61+,62-,63-,72?,73-,74-/m1/s1. The van der Waals surface area contributed by atoms with E-state index in [4.69, 9.17) is 107 Å². The molecule has 0 aliphatic carbocycles. The van der Waals surface area contributed by atoms with E-state index in [9.17, 15) is 48.6 Å². The molecule has 3 aliphatic heterocycles. The Morgan fingerprint density at radius 2 is 0.538 bits per heavy atom. The van der Waals surface area contributed by atoms with Gasteiger partial charge >= 0.3 is 47.8 Å². The maximum Gasteiger partial charge on any atom is 0.338 e. The second-order valence-electron chi connectivity index (χ2n) is 23.3. The number of carbonyl (C=O) groups is 8. The number of halogens is 3. The van der Waals surface area contributed by atoms with E-state index in [1.807, 2.05) is 0 Å². The summed E-state index contributed by atoms with van der Waals surface area (Å²) in [6.45, 7) is -2.73. The predicted octanol–water partition coefficient (Wildman–Crippen LogP) is 9.72. The van der Waals surface area contributed by atoms with Gasteiger partial charge in [-0.1, -0.05) is 180 Å².